The standard InChI is InChI=1S/C12H12FNSe/c1-14-3-2-8-7-15-11-5-10(13)4-9(6-14)12(8)11/h4-5,7H,2-3,6H2,1H3. The second-order valence-electron chi connectivity index (χ2n) is 4.19. The predicted octanol–water partition coefficient (Wildman–Crippen LogP) is 2.02. The summed E-state index contributed by atoms with van der Waals surface area (Å²) < 4.78 is 14.6. The number of likely N-dealkylation sites (N-methyl/N-ethyl adjacent to an activating group) is 1. The Bertz CT molecular complexity index is 518. The van der Waals surface area contributed by atoms with Gasteiger partial charge in [0, 0.05) is 0 Å². The number of hydrogen-bond acceptors (Lipinski definition) is 1. The van der Waals surface area contributed by atoms with Crippen molar-refractivity contribution in [3.8, 4) is 0 Å². The van der Waals surface area contributed by atoms with Crippen LogP contribution in [0.25, 0.3) is 9.65 Å². The van der Waals surface area contributed by atoms with Crippen molar-refractivity contribution in [1.82, 2.24) is 4.90 Å². The van der Waals surface area contributed by atoms with Gasteiger partial charge in [-0.15, -0.1) is 0 Å². The molecule has 1 nitrogen and oxygen atoms in total. The zero-order chi connectivity index (χ0) is 10.4. The van der Waals surface area contributed by atoms with Gasteiger partial charge >= 0.3 is 94.0 Å². The third kappa shape index (κ3) is 1.55. The summed E-state index contributed by atoms with van der Waals surface area (Å²) in [6, 6.07) is 3.42. The maximum absolute atomic E-state index is 13.4. The molecule has 0 radical (unpaired) electrons. The average Bonchev–Trinajstić information content (AvgIpc) is 2.50. The Morgan fingerprint density at radius 2 is 2.20 bits per heavy atom. The van der Waals surface area contributed by atoms with Crippen molar-refractivity contribution >= 4 is 24.1 Å². The van der Waals surface area contributed by atoms with E-state index in [9.17, 15) is 4.39 Å². The fourth-order valence-electron chi connectivity index (χ4n) is 2.28. The van der Waals surface area contributed by atoms with E-state index in [4.69, 9.17) is 0 Å². The predicted molar refractivity (Wildman–Crippen MR) is 60.9 cm³/mol. The van der Waals surface area contributed by atoms with Gasteiger partial charge in [-0.25, -0.2) is 0 Å². The van der Waals surface area contributed by atoms with E-state index in [0.29, 0.717) is 14.5 Å². The van der Waals surface area contributed by atoms with E-state index in [1.165, 1.54) is 20.8 Å². The van der Waals surface area contributed by atoms with Gasteiger partial charge in [-0.2, -0.15) is 0 Å². The van der Waals surface area contributed by atoms with Crippen LogP contribution in [-0.2, 0) is 13.0 Å². The molecule has 0 fully saturated rings. The first-order valence-electron chi connectivity index (χ1n) is 5.11. The second kappa shape index (κ2) is 3.44. The minimum absolute atomic E-state index is 0.0735. The molecule has 2 aromatic rings. The van der Waals surface area contributed by atoms with Gasteiger partial charge in [-0.1, -0.05) is 0 Å². The number of nitrogens with zero attached hydrogens (tertiary/aromatic N) is 1. The van der Waals surface area contributed by atoms with Crippen molar-refractivity contribution in [3.63, 3.8) is 0 Å². The Kier molecular flexibility index (Phi) is 2.20. The van der Waals surface area contributed by atoms with Crippen LogP contribution in [0.4, 0.5) is 4.39 Å². The fourth-order valence-corrected chi connectivity index (χ4v) is 4.51. The molecule has 0 bridgehead atoms. The van der Waals surface area contributed by atoms with Crippen molar-refractivity contribution in [1.29, 1.82) is 0 Å². The van der Waals surface area contributed by atoms with Gasteiger partial charge in [0.15, 0.2) is 0 Å². The Hall–Kier alpha value is -0.631. The van der Waals surface area contributed by atoms with Crippen molar-refractivity contribution in [2.75, 3.05) is 13.6 Å². The van der Waals surface area contributed by atoms with Gasteiger partial charge in [-0.05, 0) is 0 Å². The van der Waals surface area contributed by atoms with Crippen molar-refractivity contribution in [2.24, 2.45) is 0 Å². The molecule has 3 heteroatoms. The molecule has 0 unspecified atom stereocenters. The summed E-state index contributed by atoms with van der Waals surface area (Å²) in [6.07, 6.45) is 1.11. The molecule has 1 aliphatic heterocycles. The minimum atomic E-state index is -0.0735. The van der Waals surface area contributed by atoms with Crippen LogP contribution in [0.1, 0.15) is 11.1 Å². The summed E-state index contributed by atoms with van der Waals surface area (Å²) in [5, 5.41) is 1.36. The van der Waals surface area contributed by atoms with Crippen LogP contribution in [0.5, 0.6) is 0 Å². The maximum atomic E-state index is 13.4. The Balaban J connectivity index is 2.32. The van der Waals surface area contributed by atoms with Crippen LogP contribution in [0.15, 0.2) is 17.1 Å². The average molecular weight is 268 g/mol. The molecule has 0 aliphatic carbocycles. The van der Waals surface area contributed by atoms with Gasteiger partial charge in [0.25, 0.3) is 0 Å². The first-order valence-corrected chi connectivity index (χ1v) is 6.95. The van der Waals surface area contributed by atoms with Gasteiger partial charge in [-0.3, -0.25) is 0 Å². The first kappa shape index (κ1) is 9.59. The summed E-state index contributed by atoms with van der Waals surface area (Å²) in [5.74, 6) is -0.0735. The van der Waals surface area contributed by atoms with E-state index in [0.717, 1.165) is 19.5 Å². The Morgan fingerprint density at radius 1 is 1.33 bits per heavy atom. The molecule has 0 spiro atoms. The summed E-state index contributed by atoms with van der Waals surface area (Å²) in [6.45, 7) is 1.96. The van der Waals surface area contributed by atoms with E-state index < -0.39 is 0 Å². The van der Waals surface area contributed by atoms with E-state index in [1.807, 2.05) is 0 Å². The monoisotopic (exact) mass is 269 g/mol. The van der Waals surface area contributed by atoms with E-state index in [2.05, 4.69) is 16.9 Å². The zero-order valence-electron chi connectivity index (χ0n) is 8.59. The molecule has 1 aromatic heterocycles. The molecule has 0 atom stereocenters. The van der Waals surface area contributed by atoms with E-state index in [1.54, 1.807) is 12.1 Å². The molecule has 78 valence electrons. The zero-order valence-corrected chi connectivity index (χ0v) is 10.3. The SMILES string of the molecule is CN1CCc2c[se]c3cc(F)cc(c23)C1. The quantitative estimate of drug-likeness (QED) is 0.661. The fraction of sp³-hybridized carbons (Fsp3) is 0.333. The van der Waals surface area contributed by atoms with Crippen molar-refractivity contribution < 1.29 is 4.39 Å². The molecule has 15 heavy (non-hydrogen) atoms. The Labute approximate surface area is 94.2 Å². The molecule has 2 heterocycles. The van der Waals surface area contributed by atoms with E-state index in [-0.39, 0.29) is 5.82 Å². The summed E-state index contributed by atoms with van der Waals surface area (Å²) in [7, 11) is 2.10. The topological polar surface area (TPSA) is 3.24 Å². The molecule has 0 saturated heterocycles. The van der Waals surface area contributed by atoms with Crippen LogP contribution in [0.2, 0.25) is 0 Å². The molecule has 3 rings (SSSR count). The van der Waals surface area contributed by atoms with Crippen LogP contribution < -0.4 is 0 Å². The van der Waals surface area contributed by atoms with Crippen LogP contribution >= 0.6 is 0 Å². The van der Waals surface area contributed by atoms with Gasteiger partial charge in [0.05, 0.1) is 0 Å². The third-order valence-electron chi connectivity index (χ3n) is 3.00. The molecule has 1 aliphatic rings. The van der Waals surface area contributed by atoms with Gasteiger partial charge < -0.3 is 0 Å². The molecular formula is C12H12FNSe. The first-order chi connectivity index (χ1) is 7.24. The summed E-state index contributed by atoms with van der Waals surface area (Å²) >= 11 is 0.359. The van der Waals surface area contributed by atoms with Crippen LogP contribution in [-0.4, -0.2) is 33.0 Å². The second-order valence-corrected chi connectivity index (χ2v) is 6.10. The molecule has 0 N–H and O–H groups in total. The van der Waals surface area contributed by atoms with Crippen molar-refractivity contribution in [2.45, 2.75) is 13.0 Å². The number of halogens is 1. The summed E-state index contributed by atoms with van der Waals surface area (Å²) in [5.41, 5.74) is 2.62. The van der Waals surface area contributed by atoms with Gasteiger partial charge in [0.2, 0.25) is 0 Å². The van der Waals surface area contributed by atoms with Crippen LogP contribution in [0.3, 0.4) is 0 Å². The van der Waals surface area contributed by atoms with Gasteiger partial charge in [0.1, 0.15) is 0 Å². The summed E-state index contributed by atoms with van der Waals surface area (Å²) in [4.78, 5) is 4.58. The number of rotatable bonds is 0. The Morgan fingerprint density at radius 3 is 3.07 bits per heavy atom. The van der Waals surface area contributed by atoms with Crippen molar-refractivity contribution in [3.05, 3.63) is 34.0 Å². The normalized spacial score (nSPS) is 16.9. The third-order valence-corrected chi connectivity index (χ3v) is 5.05. The molecule has 0 amide bonds. The number of benzene rings is 1. The van der Waals surface area contributed by atoms with E-state index >= 15 is 0 Å². The molecular weight excluding hydrogens is 256 g/mol. The van der Waals surface area contributed by atoms with Crippen LogP contribution in [0, 0.1) is 5.82 Å². The number of hydrogen-bond donors (Lipinski definition) is 0. The molecule has 0 saturated carbocycles. The molecule has 1 aromatic carbocycles.